The Kier molecular flexibility index (Phi) is 12.8. The summed E-state index contributed by atoms with van der Waals surface area (Å²) in [6.07, 6.45) is 0. The fourth-order valence-corrected chi connectivity index (χ4v) is 6.03. The summed E-state index contributed by atoms with van der Waals surface area (Å²) in [4.78, 5) is 4.04. The Morgan fingerprint density at radius 2 is 0.915 bits per heavy atom. The van der Waals surface area contributed by atoms with Crippen molar-refractivity contribution in [3.05, 3.63) is 157 Å². The monoisotopic (exact) mass is 924 g/mol. The molecule has 0 radical (unpaired) electrons. The molecule has 0 aliphatic carbocycles. The van der Waals surface area contributed by atoms with Crippen LogP contribution in [0, 0.1) is 3.57 Å². The number of halogens is 6. The maximum Gasteiger partial charge on any atom is 0.151 e. The second kappa shape index (κ2) is 17.0. The second-order valence-corrected chi connectivity index (χ2v) is 12.6. The molecule has 2 aliphatic heterocycles. The first-order chi connectivity index (χ1) is 22.9. The fraction of sp³-hybridized carbons (Fsp3) is 0.0270. The van der Waals surface area contributed by atoms with Crippen LogP contribution in [-0.2, 0) is 0 Å². The Hall–Kier alpha value is -2.86. The number of anilines is 5. The third-order valence-corrected chi connectivity index (χ3v) is 9.06. The molecule has 0 saturated heterocycles. The highest BCUT2D eigenvalue weighted by Crippen LogP contribution is 2.51. The van der Waals surface area contributed by atoms with Gasteiger partial charge in [-0.15, -0.1) is 0 Å². The molecule has 4 nitrogen and oxygen atoms in total. The quantitative estimate of drug-likeness (QED) is 0.101. The summed E-state index contributed by atoms with van der Waals surface area (Å²) in [5, 5.41) is 6.07. The molecule has 8 rings (SSSR count). The van der Waals surface area contributed by atoms with Crippen molar-refractivity contribution in [2.24, 2.45) is 0 Å². The van der Waals surface area contributed by atoms with E-state index in [2.05, 4.69) is 55.4 Å². The van der Waals surface area contributed by atoms with Gasteiger partial charge >= 0.3 is 0 Å². The highest BCUT2D eigenvalue weighted by molar-refractivity contribution is 14.1. The zero-order valence-electron chi connectivity index (χ0n) is 24.7. The molecule has 0 fully saturated rings. The lowest BCUT2D eigenvalue weighted by Gasteiger charge is -2.33. The van der Waals surface area contributed by atoms with Crippen LogP contribution in [0.4, 0.5) is 28.4 Å². The van der Waals surface area contributed by atoms with Crippen LogP contribution in [0.15, 0.2) is 133 Å². The van der Waals surface area contributed by atoms with Gasteiger partial charge in [0, 0.05) is 13.6 Å². The van der Waals surface area contributed by atoms with Gasteiger partial charge in [-0.25, -0.2) is 0 Å². The molecule has 1 N–H and O–H groups in total. The third kappa shape index (κ3) is 8.79. The Labute approximate surface area is 321 Å². The van der Waals surface area contributed by atoms with Gasteiger partial charge in [0.15, 0.2) is 23.0 Å². The van der Waals surface area contributed by atoms with Crippen LogP contribution in [-0.4, -0.2) is 4.93 Å². The van der Waals surface area contributed by atoms with Gasteiger partial charge in [0.1, 0.15) is 0 Å². The van der Waals surface area contributed by atoms with Crippen LogP contribution in [0.5, 0.6) is 23.0 Å². The molecule has 0 aromatic heterocycles. The lowest BCUT2D eigenvalue weighted by atomic mass is 10.1. The molecule has 6 aromatic carbocycles. The largest absolute Gasteiger partial charge is 0.453 e. The van der Waals surface area contributed by atoms with E-state index >= 15 is 0 Å². The van der Waals surface area contributed by atoms with Crippen LogP contribution < -0.4 is 19.7 Å². The molecule has 0 atom stereocenters. The van der Waals surface area contributed by atoms with E-state index in [1.165, 1.54) is 0 Å². The number of ether oxygens (including phenoxy) is 2. The molecule has 0 amide bonds. The van der Waals surface area contributed by atoms with Crippen molar-refractivity contribution >= 4 is 120 Å². The SMILES string of the molecule is CI.Clc1ccc(Cl)c(I)c1.Clc1ccc(Cl)c(N2c3ccccc3Oc3ccccc32)c1.c1ccc2c(c1)Nc1ccccc1O2. The lowest BCUT2D eigenvalue weighted by molar-refractivity contribution is 0.477. The number of benzene rings is 6. The fourth-order valence-electron chi connectivity index (χ4n) is 4.67. The molecule has 0 unspecified atom stereocenters. The van der Waals surface area contributed by atoms with Crippen LogP contribution in [0.3, 0.4) is 0 Å². The van der Waals surface area contributed by atoms with Crippen LogP contribution in [0.25, 0.3) is 0 Å². The summed E-state index contributed by atoms with van der Waals surface area (Å²) in [5.74, 6) is 3.34. The first-order valence-corrected chi connectivity index (χ1v) is 18.8. The molecule has 10 heteroatoms. The van der Waals surface area contributed by atoms with Crippen molar-refractivity contribution in [3.63, 3.8) is 0 Å². The van der Waals surface area contributed by atoms with E-state index in [1.54, 1.807) is 24.3 Å². The molecule has 2 heterocycles. The maximum absolute atomic E-state index is 6.42. The minimum atomic E-state index is 0.635. The minimum absolute atomic E-state index is 0.635. The zero-order chi connectivity index (χ0) is 33.3. The van der Waals surface area contributed by atoms with Gasteiger partial charge in [-0.1, -0.05) is 118 Å². The normalized spacial score (nSPS) is 11.3. The predicted molar refractivity (Wildman–Crippen MR) is 217 cm³/mol. The van der Waals surface area contributed by atoms with Gasteiger partial charge < -0.3 is 19.7 Å². The van der Waals surface area contributed by atoms with Gasteiger partial charge in [0.05, 0.1) is 38.5 Å². The van der Waals surface area contributed by atoms with Gasteiger partial charge in [-0.05, 0) is 112 Å². The lowest BCUT2D eigenvalue weighted by Crippen LogP contribution is -2.16. The molecule has 47 heavy (non-hydrogen) atoms. The van der Waals surface area contributed by atoms with Crippen molar-refractivity contribution in [3.8, 4) is 23.0 Å². The Morgan fingerprint density at radius 1 is 0.489 bits per heavy atom. The van der Waals surface area contributed by atoms with Crippen molar-refractivity contribution < 1.29 is 9.47 Å². The van der Waals surface area contributed by atoms with Crippen molar-refractivity contribution in [2.45, 2.75) is 0 Å². The van der Waals surface area contributed by atoms with Gasteiger partial charge in [-0.2, -0.15) is 0 Å². The number of alkyl halides is 1. The highest BCUT2D eigenvalue weighted by Gasteiger charge is 2.26. The molecule has 2 aliphatic rings. The average Bonchev–Trinajstić information content (AvgIpc) is 3.10. The van der Waals surface area contributed by atoms with Crippen LogP contribution >= 0.6 is 91.6 Å². The number of fused-ring (bicyclic) bond motifs is 4. The minimum Gasteiger partial charge on any atom is -0.453 e. The number of rotatable bonds is 1. The first-order valence-electron chi connectivity index (χ1n) is 14.1. The molecule has 0 saturated carbocycles. The summed E-state index contributed by atoms with van der Waals surface area (Å²) in [6.45, 7) is 0. The zero-order valence-corrected chi connectivity index (χ0v) is 32.1. The van der Waals surface area contributed by atoms with Crippen LogP contribution in [0.2, 0.25) is 20.1 Å². The second-order valence-electron chi connectivity index (χ2n) is 9.75. The third-order valence-electron chi connectivity index (χ3n) is 6.73. The topological polar surface area (TPSA) is 33.7 Å². The van der Waals surface area contributed by atoms with E-state index in [-0.39, 0.29) is 0 Å². The number of nitrogens with zero attached hydrogens (tertiary/aromatic N) is 1. The Bertz CT molecular complexity index is 1860. The highest BCUT2D eigenvalue weighted by atomic mass is 127. The molecule has 0 bridgehead atoms. The van der Waals surface area contributed by atoms with Crippen molar-refractivity contribution in [1.29, 1.82) is 0 Å². The standard InChI is InChI=1S/C18H11Cl2NO.C12H9NO.C6H3Cl2I.CH3I/c19-12-9-10-13(20)16(11-12)21-14-5-1-3-7-17(14)22-18-8-4-2-6-15(18)21;1-3-7-11-9(5-1)13-10-6-2-4-8-12(10)14-11;7-4-1-2-5(8)6(9)3-4;1-2/h1-11H;1-8,13H;1-3H;1H3. The maximum atomic E-state index is 6.42. The number of nitrogens with one attached hydrogen (secondary N) is 1. The number of hydrogen-bond acceptors (Lipinski definition) is 4. The summed E-state index contributed by atoms with van der Waals surface area (Å²) in [7, 11) is 0. The van der Waals surface area contributed by atoms with Gasteiger partial charge in [0.25, 0.3) is 0 Å². The van der Waals surface area contributed by atoms with E-state index < -0.39 is 0 Å². The summed E-state index contributed by atoms with van der Waals surface area (Å²) in [6, 6.07) is 42.4. The summed E-state index contributed by atoms with van der Waals surface area (Å²) < 4.78 is 12.7. The molecular formula is C37H26Cl4I2N2O2. The summed E-state index contributed by atoms with van der Waals surface area (Å²) >= 11 is 28.2. The van der Waals surface area contributed by atoms with E-state index in [0.717, 1.165) is 65.1 Å². The van der Waals surface area contributed by atoms with Crippen molar-refractivity contribution in [1.82, 2.24) is 0 Å². The molecule has 6 aromatic rings. The van der Waals surface area contributed by atoms with Gasteiger partial charge in [0.2, 0.25) is 0 Å². The molecule has 238 valence electrons. The van der Waals surface area contributed by atoms with Crippen LogP contribution in [0.1, 0.15) is 0 Å². The predicted octanol–water partition coefficient (Wildman–Crippen LogP) is 14.8. The first kappa shape index (κ1) is 35.4. The average molecular weight is 926 g/mol. The number of hydrogen-bond donors (Lipinski definition) is 1. The summed E-state index contributed by atoms with van der Waals surface area (Å²) in [5.41, 5.74) is 4.74. The molecule has 0 spiro atoms. The van der Waals surface area contributed by atoms with E-state index in [4.69, 9.17) is 55.9 Å². The molecular weight excluding hydrogens is 900 g/mol. The van der Waals surface area contributed by atoms with Gasteiger partial charge in [-0.3, -0.25) is 0 Å². The van der Waals surface area contributed by atoms with E-state index in [9.17, 15) is 0 Å². The Morgan fingerprint density at radius 3 is 1.43 bits per heavy atom. The number of para-hydroxylation sites is 8. The smallest absolute Gasteiger partial charge is 0.151 e. The van der Waals surface area contributed by atoms with Crippen molar-refractivity contribution in [2.75, 3.05) is 15.1 Å². The van der Waals surface area contributed by atoms with E-state index in [1.807, 2.05) is 114 Å². The Balaban J connectivity index is 0.000000148. The van der Waals surface area contributed by atoms with E-state index in [0.29, 0.717) is 10.0 Å².